The summed E-state index contributed by atoms with van der Waals surface area (Å²) >= 11 is 0. The molecular weight excluding hydrogens is 637 g/mol. The van der Waals surface area contributed by atoms with Gasteiger partial charge in [0.2, 0.25) is 5.89 Å². The van der Waals surface area contributed by atoms with Crippen LogP contribution >= 0.6 is 0 Å². The van der Waals surface area contributed by atoms with Crippen LogP contribution in [0.5, 0.6) is 0 Å². The monoisotopic (exact) mass is 668 g/mol. The van der Waals surface area contributed by atoms with Gasteiger partial charge in [-0.3, -0.25) is 0 Å². The zero-order chi connectivity index (χ0) is 34.8. The molecule has 0 N–H and O–H groups in total. The maximum atomic E-state index is 6.74. The number of hydrogen-bond donors (Lipinski definition) is 0. The first-order chi connectivity index (χ1) is 25.5. The summed E-state index contributed by atoms with van der Waals surface area (Å²) in [6.07, 6.45) is 0. The highest BCUT2D eigenvalue weighted by molar-refractivity contribution is 6.18. The van der Waals surface area contributed by atoms with Crippen molar-refractivity contribution in [1.29, 1.82) is 0 Å². The topological polar surface area (TPSA) is 64.7 Å². The number of oxazole rings is 1. The van der Waals surface area contributed by atoms with Crippen molar-refractivity contribution in [1.82, 2.24) is 19.9 Å². The number of fused-ring (bicyclic) bond motifs is 7. The molecule has 0 spiro atoms. The summed E-state index contributed by atoms with van der Waals surface area (Å²) in [5.74, 6) is 2.37. The molecule has 0 amide bonds. The van der Waals surface area contributed by atoms with Gasteiger partial charge in [-0.1, -0.05) is 147 Å². The maximum Gasteiger partial charge on any atom is 0.227 e. The van der Waals surface area contributed by atoms with E-state index in [0.29, 0.717) is 23.4 Å². The highest BCUT2D eigenvalue weighted by Gasteiger charge is 2.37. The summed E-state index contributed by atoms with van der Waals surface area (Å²) in [5, 5.41) is 2.02. The van der Waals surface area contributed by atoms with Crippen LogP contribution in [0.3, 0.4) is 0 Å². The third kappa shape index (κ3) is 4.78. The van der Waals surface area contributed by atoms with Gasteiger partial charge < -0.3 is 4.42 Å². The first-order valence-corrected chi connectivity index (χ1v) is 17.6. The van der Waals surface area contributed by atoms with Gasteiger partial charge in [0.15, 0.2) is 23.1 Å². The van der Waals surface area contributed by atoms with Crippen molar-refractivity contribution in [2.75, 3.05) is 0 Å². The Labute approximate surface area is 301 Å². The van der Waals surface area contributed by atoms with Gasteiger partial charge in [0.05, 0.1) is 0 Å². The molecule has 0 radical (unpaired) electrons. The van der Waals surface area contributed by atoms with Crippen molar-refractivity contribution < 1.29 is 4.42 Å². The quantitative estimate of drug-likeness (QED) is 0.183. The molecule has 0 atom stereocenters. The van der Waals surface area contributed by atoms with Gasteiger partial charge in [0.1, 0.15) is 5.52 Å². The fourth-order valence-electron chi connectivity index (χ4n) is 7.78. The first-order valence-electron chi connectivity index (χ1n) is 17.6. The molecule has 2 heterocycles. The van der Waals surface area contributed by atoms with Gasteiger partial charge in [-0.2, -0.15) is 0 Å². The first kappa shape index (κ1) is 30.1. The predicted octanol–water partition coefficient (Wildman–Crippen LogP) is 11.8. The number of rotatable bonds is 5. The van der Waals surface area contributed by atoms with E-state index in [-0.39, 0.29) is 5.41 Å². The van der Waals surface area contributed by atoms with Crippen LogP contribution < -0.4 is 0 Å². The standard InChI is InChI=1S/C47H32N4O/c1-47(2)37-24-13-12-23-35(37)40-38(47)26-25-34-36(28-39-42(41(34)40)52-46(48-39)31-19-10-5-11-20-31)45-50-43(30-17-8-4-9-18-30)49-44(51-45)33-22-14-21-32(27-33)29-15-6-3-7-16-29/h3-28H,1-2H3. The smallest absolute Gasteiger partial charge is 0.227 e. The predicted molar refractivity (Wildman–Crippen MR) is 210 cm³/mol. The lowest BCUT2D eigenvalue weighted by Gasteiger charge is -2.21. The Hall–Kier alpha value is -6.72. The minimum atomic E-state index is -0.185. The highest BCUT2D eigenvalue weighted by Crippen LogP contribution is 2.53. The van der Waals surface area contributed by atoms with Crippen LogP contribution in [0.15, 0.2) is 162 Å². The molecule has 9 aromatic rings. The van der Waals surface area contributed by atoms with Gasteiger partial charge in [0.25, 0.3) is 0 Å². The van der Waals surface area contributed by atoms with Crippen LogP contribution in [0.2, 0.25) is 0 Å². The number of aromatic nitrogens is 4. The molecule has 0 aliphatic heterocycles. The van der Waals surface area contributed by atoms with Crippen LogP contribution in [0, 0.1) is 0 Å². The van der Waals surface area contributed by atoms with Crippen LogP contribution in [-0.2, 0) is 5.41 Å². The fourth-order valence-corrected chi connectivity index (χ4v) is 7.78. The second kappa shape index (κ2) is 11.7. The zero-order valence-electron chi connectivity index (χ0n) is 28.7. The molecule has 7 aromatic carbocycles. The lowest BCUT2D eigenvalue weighted by Crippen LogP contribution is -2.14. The number of hydrogen-bond acceptors (Lipinski definition) is 5. The highest BCUT2D eigenvalue weighted by atomic mass is 16.3. The third-order valence-corrected chi connectivity index (χ3v) is 10.4. The molecule has 1 aliphatic carbocycles. The zero-order valence-corrected chi connectivity index (χ0v) is 28.7. The summed E-state index contributed by atoms with van der Waals surface area (Å²) in [7, 11) is 0. The van der Waals surface area contributed by atoms with E-state index < -0.39 is 0 Å². The third-order valence-electron chi connectivity index (χ3n) is 10.4. The van der Waals surface area contributed by atoms with Crippen LogP contribution in [0.1, 0.15) is 25.0 Å². The Balaban J connectivity index is 1.28. The second-order valence-electron chi connectivity index (χ2n) is 13.9. The van der Waals surface area contributed by atoms with E-state index in [1.54, 1.807) is 0 Å². The summed E-state index contributed by atoms with van der Waals surface area (Å²) in [6, 6.07) is 54.3. The average molecular weight is 669 g/mol. The van der Waals surface area contributed by atoms with Gasteiger partial charge in [-0.25, -0.2) is 19.9 Å². The molecule has 0 saturated carbocycles. The Kier molecular flexibility index (Phi) is 6.77. The van der Waals surface area contributed by atoms with Crippen molar-refractivity contribution in [2.24, 2.45) is 0 Å². The normalized spacial score (nSPS) is 13.0. The number of nitrogens with zero attached hydrogens (tertiary/aromatic N) is 4. The second-order valence-corrected chi connectivity index (χ2v) is 13.9. The molecule has 0 fully saturated rings. The summed E-state index contributed by atoms with van der Waals surface area (Å²) in [4.78, 5) is 20.6. The van der Waals surface area contributed by atoms with Gasteiger partial charge in [0, 0.05) is 33.1 Å². The van der Waals surface area contributed by atoms with Crippen LogP contribution in [0.4, 0.5) is 0 Å². The van der Waals surface area contributed by atoms with E-state index in [4.69, 9.17) is 24.4 Å². The van der Waals surface area contributed by atoms with E-state index >= 15 is 0 Å². The fraction of sp³-hybridized carbons (Fsp3) is 0.0638. The summed E-state index contributed by atoms with van der Waals surface area (Å²) < 4.78 is 6.74. The minimum absolute atomic E-state index is 0.185. The Bertz CT molecular complexity index is 2810. The van der Waals surface area contributed by atoms with E-state index in [9.17, 15) is 0 Å². The van der Waals surface area contributed by atoms with Gasteiger partial charge in [-0.05, 0) is 63.0 Å². The molecule has 246 valence electrons. The summed E-state index contributed by atoms with van der Waals surface area (Å²) in [5.41, 5.74) is 12.1. The van der Waals surface area contributed by atoms with E-state index in [1.165, 1.54) is 22.3 Å². The molecule has 0 unspecified atom stereocenters. The molecule has 5 heteroatoms. The van der Waals surface area contributed by atoms with Crippen molar-refractivity contribution in [3.05, 3.63) is 169 Å². The molecule has 5 nitrogen and oxygen atoms in total. The van der Waals surface area contributed by atoms with E-state index in [0.717, 1.165) is 55.3 Å². The molecular formula is C47H32N4O. The van der Waals surface area contributed by atoms with E-state index in [2.05, 4.69) is 105 Å². The average Bonchev–Trinajstić information content (AvgIpc) is 3.75. The van der Waals surface area contributed by atoms with Crippen LogP contribution in [0.25, 0.3) is 89.7 Å². The van der Waals surface area contributed by atoms with Crippen molar-refractivity contribution in [3.63, 3.8) is 0 Å². The molecule has 1 aliphatic rings. The lowest BCUT2D eigenvalue weighted by atomic mass is 9.82. The van der Waals surface area contributed by atoms with E-state index in [1.807, 2.05) is 66.7 Å². The van der Waals surface area contributed by atoms with Crippen molar-refractivity contribution >= 4 is 21.9 Å². The molecule has 10 rings (SSSR count). The molecule has 2 aromatic heterocycles. The van der Waals surface area contributed by atoms with Crippen LogP contribution in [-0.4, -0.2) is 19.9 Å². The Morgan fingerprint density at radius 2 is 1.04 bits per heavy atom. The maximum absolute atomic E-state index is 6.74. The van der Waals surface area contributed by atoms with Crippen molar-refractivity contribution in [3.8, 4) is 67.9 Å². The molecule has 0 bridgehead atoms. The van der Waals surface area contributed by atoms with Gasteiger partial charge in [-0.15, -0.1) is 0 Å². The molecule has 52 heavy (non-hydrogen) atoms. The Morgan fingerprint density at radius 1 is 0.442 bits per heavy atom. The lowest BCUT2D eigenvalue weighted by molar-refractivity contribution is 0.623. The Morgan fingerprint density at radius 3 is 1.79 bits per heavy atom. The SMILES string of the molecule is CC1(C)c2ccccc2-c2c1ccc1c(-c3nc(-c4ccccc4)nc(-c4cccc(-c5ccccc5)c4)n3)cc3nc(-c4ccccc4)oc3c21. The summed E-state index contributed by atoms with van der Waals surface area (Å²) in [6.45, 7) is 4.60. The van der Waals surface area contributed by atoms with Crippen molar-refractivity contribution in [2.45, 2.75) is 19.3 Å². The molecule has 0 saturated heterocycles. The number of benzene rings is 7. The largest absolute Gasteiger partial charge is 0.435 e. The minimum Gasteiger partial charge on any atom is -0.435 e. The van der Waals surface area contributed by atoms with Gasteiger partial charge >= 0.3 is 0 Å².